The van der Waals surface area contributed by atoms with Crippen molar-refractivity contribution >= 4 is 46.7 Å². The third-order valence-corrected chi connectivity index (χ3v) is 5.85. The molecule has 0 bridgehead atoms. The summed E-state index contributed by atoms with van der Waals surface area (Å²) >= 11 is 1.05. The van der Waals surface area contributed by atoms with Crippen molar-refractivity contribution in [2.24, 2.45) is 0 Å². The van der Waals surface area contributed by atoms with E-state index in [-0.39, 0.29) is 28.3 Å². The van der Waals surface area contributed by atoms with Crippen molar-refractivity contribution in [3.8, 4) is 0 Å². The van der Waals surface area contributed by atoms with E-state index >= 15 is 0 Å². The van der Waals surface area contributed by atoms with Crippen LogP contribution in [-0.2, 0) is 16.0 Å². The van der Waals surface area contributed by atoms with Crippen molar-refractivity contribution < 1.29 is 14.4 Å². The minimum atomic E-state index is -0.639. The fraction of sp³-hybridized carbons (Fsp3) is 0.174. The summed E-state index contributed by atoms with van der Waals surface area (Å²) < 4.78 is 0. The number of para-hydroxylation sites is 1. The van der Waals surface area contributed by atoms with Crippen LogP contribution in [0, 0.1) is 0 Å². The zero-order chi connectivity index (χ0) is 23.4. The van der Waals surface area contributed by atoms with Crippen LogP contribution in [0.4, 0.5) is 17.2 Å². The van der Waals surface area contributed by atoms with E-state index in [1.54, 1.807) is 35.2 Å². The van der Waals surface area contributed by atoms with Gasteiger partial charge in [-0.05, 0) is 30.2 Å². The Bertz CT molecular complexity index is 1280. The van der Waals surface area contributed by atoms with Crippen LogP contribution in [-0.4, -0.2) is 40.0 Å². The van der Waals surface area contributed by atoms with Gasteiger partial charge in [0.2, 0.25) is 11.8 Å². The summed E-state index contributed by atoms with van der Waals surface area (Å²) in [5.41, 5.74) is 1.54. The topological polar surface area (TPSA) is 124 Å². The molecule has 0 fully saturated rings. The maximum absolute atomic E-state index is 12.8. The number of carbonyl (C=O) groups excluding carboxylic acids is 3. The van der Waals surface area contributed by atoms with Crippen molar-refractivity contribution in [1.82, 2.24) is 9.97 Å². The van der Waals surface area contributed by atoms with Crippen LogP contribution in [0.1, 0.15) is 22.8 Å². The maximum atomic E-state index is 12.8. The first-order valence-electron chi connectivity index (χ1n) is 10.2. The average Bonchev–Trinajstić information content (AvgIpc) is 3.24. The Labute approximate surface area is 193 Å². The number of benzene rings is 2. The molecule has 0 aliphatic carbocycles. The number of anilines is 3. The van der Waals surface area contributed by atoms with Gasteiger partial charge in [-0.25, -0.2) is 4.98 Å². The van der Waals surface area contributed by atoms with E-state index in [2.05, 4.69) is 20.6 Å². The van der Waals surface area contributed by atoms with Gasteiger partial charge in [0.15, 0.2) is 16.7 Å². The first-order chi connectivity index (χ1) is 15.9. The highest BCUT2D eigenvalue weighted by molar-refractivity contribution is 7.99. The van der Waals surface area contributed by atoms with Crippen molar-refractivity contribution in [2.45, 2.75) is 18.5 Å². The molecule has 1 aliphatic heterocycles. The molecule has 1 aromatic heterocycles. The molecule has 33 heavy (non-hydrogen) atoms. The molecule has 0 saturated carbocycles. The lowest BCUT2D eigenvalue weighted by atomic mass is 10.2. The first kappa shape index (κ1) is 22.3. The molecule has 0 spiro atoms. The monoisotopic (exact) mass is 463 g/mol. The van der Waals surface area contributed by atoms with Crippen LogP contribution in [0.15, 0.2) is 64.5 Å². The number of rotatable bonds is 6. The molecule has 2 heterocycles. The number of hydrogen-bond donors (Lipinski definition) is 3. The van der Waals surface area contributed by atoms with E-state index < -0.39 is 17.4 Å². The predicted octanol–water partition coefficient (Wildman–Crippen LogP) is 2.66. The molecular weight excluding hydrogens is 442 g/mol. The van der Waals surface area contributed by atoms with Gasteiger partial charge in [-0.3, -0.25) is 24.2 Å². The summed E-state index contributed by atoms with van der Waals surface area (Å²) in [7, 11) is 0. The number of thioether (sulfide) groups is 1. The van der Waals surface area contributed by atoms with E-state index in [4.69, 9.17) is 0 Å². The summed E-state index contributed by atoms with van der Waals surface area (Å²) in [6, 6.07) is 16.1. The van der Waals surface area contributed by atoms with Gasteiger partial charge in [-0.15, -0.1) is 0 Å². The molecule has 3 amide bonds. The number of nitrogens with one attached hydrogen (secondary N) is 3. The number of carbonyl (C=O) groups is 3. The maximum Gasteiger partial charge on any atom is 0.277 e. The Morgan fingerprint density at radius 2 is 1.79 bits per heavy atom. The first-order valence-corrected chi connectivity index (χ1v) is 11.2. The molecule has 168 valence electrons. The van der Waals surface area contributed by atoms with E-state index in [1.165, 1.54) is 6.92 Å². The number of fused-ring (bicyclic) bond motifs is 1. The molecule has 0 atom stereocenters. The second-order valence-corrected chi connectivity index (χ2v) is 8.27. The summed E-state index contributed by atoms with van der Waals surface area (Å²) in [6.45, 7) is 1.87. The highest BCUT2D eigenvalue weighted by Crippen LogP contribution is 2.28. The average molecular weight is 464 g/mol. The third-order valence-electron chi connectivity index (χ3n) is 4.99. The Morgan fingerprint density at radius 1 is 1.06 bits per heavy atom. The SMILES string of the molecule is CC(=O)Nc1nc(SCC(=O)N2CCc3ccccc32)[nH]c(=O)c1NC(=O)c1ccccc1. The van der Waals surface area contributed by atoms with Gasteiger partial charge >= 0.3 is 0 Å². The van der Waals surface area contributed by atoms with E-state index in [0.29, 0.717) is 12.1 Å². The van der Waals surface area contributed by atoms with Crippen LogP contribution >= 0.6 is 11.8 Å². The van der Waals surface area contributed by atoms with Crippen LogP contribution in [0.5, 0.6) is 0 Å². The molecule has 2 aromatic carbocycles. The third kappa shape index (κ3) is 5.12. The van der Waals surface area contributed by atoms with E-state index in [9.17, 15) is 19.2 Å². The van der Waals surface area contributed by atoms with Crippen molar-refractivity contribution in [1.29, 1.82) is 0 Å². The van der Waals surface area contributed by atoms with Gasteiger partial charge in [-0.1, -0.05) is 48.2 Å². The van der Waals surface area contributed by atoms with Gasteiger partial charge in [0.1, 0.15) is 0 Å². The lowest BCUT2D eigenvalue weighted by Gasteiger charge is -2.17. The van der Waals surface area contributed by atoms with Gasteiger partial charge in [0.05, 0.1) is 5.75 Å². The Kier molecular flexibility index (Phi) is 6.55. The molecular formula is C23H21N5O4S. The number of H-pyrrole nitrogens is 1. The molecule has 9 nitrogen and oxygen atoms in total. The minimum Gasteiger partial charge on any atom is -0.314 e. The Balaban J connectivity index is 1.52. The van der Waals surface area contributed by atoms with Crippen LogP contribution in [0.2, 0.25) is 0 Å². The molecule has 1 aliphatic rings. The largest absolute Gasteiger partial charge is 0.314 e. The molecule has 3 N–H and O–H groups in total. The zero-order valence-electron chi connectivity index (χ0n) is 17.8. The predicted molar refractivity (Wildman–Crippen MR) is 127 cm³/mol. The minimum absolute atomic E-state index is 0.0481. The number of hydrogen-bond acceptors (Lipinski definition) is 6. The van der Waals surface area contributed by atoms with Crippen molar-refractivity contribution in [2.75, 3.05) is 27.8 Å². The fourth-order valence-electron chi connectivity index (χ4n) is 3.47. The van der Waals surface area contributed by atoms with Crippen molar-refractivity contribution in [3.05, 3.63) is 76.1 Å². The summed E-state index contributed by atoms with van der Waals surface area (Å²) in [4.78, 5) is 58.1. The normalized spacial score (nSPS) is 12.2. The number of aromatic nitrogens is 2. The van der Waals surface area contributed by atoms with E-state index in [1.807, 2.05) is 24.3 Å². The molecule has 3 aromatic rings. The second kappa shape index (κ2) is 9.70. The molecule has 10 heteroatoms. The highest BCUT2D eigenvalue weighted by Gasteiger charge is 2.24. The van der Waals surface area contributed by atoms with Gasteiger partial charge in [0.25, 0.3) is 11.5 Å². The zero-order valence-corrected chi connectivity index (χ0v) is 18.6. The molecule has 0 saturated heterocycles. The van der Waals surface area contributed by atoms with Crippen molar-refractivity contribution in [3.63, 3.8) is 0 Å². The molecule has 0 unspecified atom stereocenters. The van der Waals surface area contributed by atoms with Gasteiger partial charge in [-0.2, -0.15) is 0 Å². The summed E-state index contributed by atoms with van der Waals surface area (Å²) in [5, 5.41) is 5.13. The molecule has 4 rings (SSSR count). The van der Waals surface area contributed by atoms with Crippen LogP contribution < -0.4 is 21.1 Å². The quantitative estimate of drug-likeness (QED) is 0.381. The lowest BCUT2D eigenvalue weighted by molar-refractivity contribution is -0.116. The number of nitrogens with zero attached hydrogens (tertiary/aromatic N) is 2. The second-order valence-electron chi connectivity index (χ2n) is 7.31. The summed E-state index contributed by atoms with van der Waals surface area (Å²) in [6.07, 6.45) is 0.796. The van der Waals surface area contributed by atoms with Crippen LogP contribution in [0.25, 0.3) is 0 Å². The number of amides is 3. The highest BCUT2D eigenvalue weighted by atomic mass is 32.2. The standard InChI is InChI=1S/C23H21N5O4S/c1-14(29)24-20-19(25-21(31)16-8-3-2-4-9-16)22(32)27-23(26-20)33-13-18(30)28-12-11-15-7-5-6-10-17(15)28/h2-10H,11-13H2,1H3,(H,25,31)(H2,24,26,27,29,32). The van der Waals surface area contributed by atoms with Gasteiger partial charge < -0.3 is 15.5 Å². The fourth-order valence-corrected chi connectivity index (χ4v) is 4.21. The van der Waals surface area contributed by atoms with Gasteiger partial charge in [0, 0.05) is 24.7 Å². The Morgan fingerprint density at radius 3 is 2.55 bits per heavy atom. The smallest absolute Gasteiger partial charge is 0.277 e. The van der Waals surface area contributed by atoms with E-state index in [0.717, 1.165) is 29.4 Å². The van der Waals surface area contributed by atoms with Crippen LogP contribution in [0.3, 0.4) is 0 Å². The summed E-state index contributed by atoms with van der Waals surface area (Å²) in [5.74, 6) is -1.12. The lowest BCUT2D eigenvalue weighted by Crippen LogP contribution is -2.30. The Hall–Kier alpha value is -3.92. The number of aromatic amines is 1. The molecule has 0 radical (unpaired) electrons.